The molecule has 0 radical (unpaired) electrons. The number of nitrogens with zero attached hydrogens (tertiary/aromatic N) is 1. The van der Waals surface area contributed by atoms with Gasteiger partial charge in [-0.1, -0.05) is 0 Å². The lowest BCUT2D eigenvalue weighted by atomic mass is 10.3. The molecule has 1 aromatic heterocycles. The standard InChI is InChI=1S/C8H14N2O2/c1-5(11)4-10-7(3)6(2)8(12)9-10/h5,11H,4H2,1-3H3,(H,9,12)/t5-/m0/s1. The summed E-state index contributed by atoms with van der Waals surface area (Å²) in [6, 6.07) is 0. The second-order valence-electron chi connectivity index (χ2n) is 3.11. The van der Waals surface area contributed by atoms with Crippen molar-refractivity contribution in [2.24, 2.45) is 0 Å². The van der Waals surface area contributed by atoms with Crippen molar-refractivity contribution in [3.05, 3.63) is 21.6 Å². The Bertz CT molecular complexity index is 322. The molecule has 4 nitrogen and oxygen atoms in total. The molecule has 0 aliphatic carbocycles. The predicted molar refractivity (Wildman–Crippen MR) is 46.2 cm³/mol. The number of aromatic nitrogens is 2. The summed E-state index contributed by atoms with van der Waals surface area (Å²) in [6.45, 7) is 5.75. The molecule has 1 aromatic rings. The summed E-state index contributed by atoms with van der Waals surface area (Å²) in [5.41, 5.74) is 1.53. The van der Waals surface area contributed by atoms with Gasteiger partial charge in [0.05, 0.1) is 12.6 Å². The molecule has 68 valence electrons. The first-order valence-electron chi connectivity index (χ1n) is 3.96. The Hall–Kier alpha value is -1.03. The van der Waals surface area contributed by atoms with E-state index in [4.69, 9.17) is 5.11 Å². The van der Waals surface area contributed by atoms with E-state index < -0.39 is 6.10 Å². The monoisotopic (exact) mass is 170 g/mol. The fourth-order valence-corrected chi connectivity index (χ4v) is 1.10. The van der Waals surface area contributed by atoms with Gasteiger partial charge in [0.15, 0.2) is 0 Å². The van der Waals surface area contributed by atoms with E-state index in [2.05, 4.69) is 5.10 Å². The van der Waals surface area contributed by atoms with Crippen molar-refractivity contribution in [1.82, 2.24) is 9.78 Å². The SMILES string of the molecule is Cc1c(C)n(C[C@H](C)O)[nH]c1=O. The first kappa shape index (κ1) is 9.06. The minimum absolute atomic E-state index is 0.0758. The largest absolute Gasteiger partial charge is 0.391 e. The zero-order chi connectivity index (χ0) is 9.30. The predicted octanol–water partition coefficient (Wildman–Crippen LogP) is 0.174. The second kappa shape index (κ2) is 3.15. The van der Waals surface area contributed by atoms with Crippen LogP contribution in [0.5, 0.6) is 0 Å². The summed E-state index contributed by atoms with van der Waals surface area (Å²) in [5.74, 6) is 0. The molecule has 0 aromatic carbocycles. The van der Waals surface area contributed by atoms with Crippen LogP contribution in [0.3, 0.4) is 0 Å². The van der Waals surface area contributed by atoms with E-state index in [1.807, 2.05) is 6.92 Å². The van der Waals surface area contributed by atoms with Gasteiger partial charge in [0.25, 0.3) is 5.56 Å². The number of aliphatic hydroxyl groups is 1. The molecule has 1 rings (SSSR count). The topological polar surface area (TPSA) is 58.0 Å². The van der Waals surface area contributed by atoms with Crippen molar-refractivity contribution >= 4 is 0 Å². The number of aromatic amines is 1. The van der Waals surface area contributed by atoms with Crippen LogP contribution in [-0.4, -0.2) is 21.0 Å². The van der Waals surface area contributed by atoms with E-state index >= 15 is 0 Å². The highest BCUT2D eigenvalue weighted by atomic mass is 16.3. The summed E-state index contributed by atoms with van der Waals surface area (Å²) in [5, 5.41) is 11.7. The zero-order valence-corrected chi connectivity index (χ0v) is 7.59. The van der Waals surface area contributed by atoms with Crippen LogP contribution >= 0.6 is 0 Å². The van der Waals surface area contributed by atoms with E-state index in [9.17, 15) is 4.79 Å². The van der Waals surface area contributed by atoms with Crippen LogP contribution in [0.1, 0.15) is 18.2 Å². The van der Waals surface area contributed by atoms with Crippen LogP contribution in [0.15, 0.2) is 4.79 Å². The average molecular weight is 170 g/mol. The zero-order valence-electron chi connectivity index (χ0n) is 7.59. The first-order valence-corrected chi connectivity index (χ1v) is 3.96. The molecule has 1 heterocycles. The number of hydrogen-bond donors (Lipinski definition) is 2. The van der Waals surface area contributed by atoms with Crippen LogP contribution < -0.4 is 5.56 Å². The van der Waals surface area contributed by atoms with Crippen LogP contribution in [0.25, 0.3) is 0 Å². The van der Waals surface area contributed by atoms with Gasteiger partial charge in [-0.05, 0) is 20.8 Å². The number of nitrogens with one attached hydrogen (secondary N) is 1. The lowest BCUT2D eigenvalue weighted by Crippen LogP contribution is -2.15. The third-order valence-corrected chi connectivity index (χ3v) is 1.97. The third-order valence-electron chi connectivity index (χ3n) is 1.97. The highest BCUT2D eigenvalue weighted by Gasteiger charge is 2.07. The van der Waals surface area contributed by atoms with Gasteiger partial charge in [-0.25, -0.2) is 0 Å². The average Bonchev–Trinajstić information content (AvgIpc) is 2.17. The number of aliphatic hydroxyl groups excluding tert-OH is 1. The minimum atomic E-state index is -0.439. The van der Waals surface area contributed by atoms with Crippen molar-refractivity contribution in [2.75, 3.05) is 0 Å². The summed E-state index contributed by atoms with van der Waals surface area (Å²) < 4.78 is 1.67. The third kappa shape index (κ3) is 1.58. The molecule has 0 aliphatic rings. The molecule has 0 fully saturated rings. The fourth-order valence-electron chi connectivity index (χ4n) is 1.10. The molecule has 0 bridgehead atoms. The Morgan fingerprint density at radius 1 is 1.58 bits per heavy atom. The van der Waals surface area contributed by atoms with Crippen molar-refractivity contribution in [3.63, 3.8) is 0 Å². The molecule has 0 spiro atoms. The maximum absolute atomic E-state index is 11.1. The van der Waals surface area contributed by atoms with Gasteiger partial charge in [-0.3, -0.25) is 14.6 Å². The molecule has 4 heteroatoms. The number of hydrogen-bond acceptors (Lipinski definition) is 2. The van der Waals surface area contributed by atoms with Crippen molar-refractivity contribution < 1.29 is 5.11 Å². The highest BCUT2D eigenvalue weighted by molar-refractivity contribution is 5.13. The Labute approximate surface area is 70.8 Å². The summed E-state index contributed by atoms with van der Waals surface area (Å²) in [6.07, 6.45) is -0.439. The smallest absolute Gasteiger partial charge is 0.267 e. The highest BCUT2D eigenvalue weighted by Crippen LogP contribution is 2.00. The van der Waals surface area contributed by atoms with Crippen LogP contribution in [0.4, 0.5) is 0 Å². The van der Waals surface area contributed by atoms with Crippen molar-refractivity contribution in [1.29, 1.82) is 0 Å². The number of rotatable bonds is 2. The molecule has 0 amide bonds. The maximum atomic E-state index is 11.1. The Kier molecular flexibility index (Phi) is 2.38. The quantitative estimate of drug-likeness (QED) is 0.665. The van der Waals surface area contributed by atoms with Gasteiger partial charge in [-0.15, -0.1) is 0 Å². The molecular formula is C8H14N2O2. The van der Waals surface area contributed by atoms with Crippen LogP contribution in [0.2, 0.25) is 0 Å². The molecule has 0 saturated carbocycles. The molecule has 12 heavy (non-hydrogen) atoms. The Morgan fingerprint density at radius 2 is 2.17 bits per heavy atom. The maximum Gasteiger partial charge on any atom is 0.267 e. The van der Waals surface area contributed by atoms with Gasteiger partial charge in [0, 0.05) is 11.3 Å². The molecule has 0 saturated heterocycles. The first-order chi connectivity index (χ1) is 5.52. The Morgan fingerprint density at radius 3 is 2.50 bits per heavy atom. The van der Waals surface area contributed by atoms with E-state index in [-0.39, 0.29) is 5.56 Å². The minimum Gasteiger partial charge on any atom is -0.391 e. The lowest BCUT2D eigenvalue weighted by Gasteiger charge is -2.07. The molecule has 2 N–H and O–H groups in total. The van der Waals surface area contributed by atoms with E-state index in [0.29, 0.717) is 6.54 Å². The van der Waals surface area contributed by atoms with Crippen molar-refractivity contribution in [2.45, 2.75) is 33.4 Å². The second-order valence-corrected chi connectivity index (χ2v) is 3.11. The van der Waals surface area contributed by atoms with Crippen LogP contribution in [-0.2, 0) is 6.54 Å². The van der Waals surface area contributed by atoms with Gasteiger partial charge in [0.2, 0.25) is 0 Å². The van der Waals surface area contributed by atoms with E-state index in [0.717, 1.165) is 11.3 Å². The lowest BCUT2D eigenvalue weighted by molar-refractivity contribution is 0.167. The number of H-pyrrole nitrogens is 1. The normalized spacial score (nSPS) is 13.3. The summed E-state index contributed by atoms with van der Waals surface area (Å²) in [4.78, 5) is 11.1. The Balaban J connectivity index is 3.02. The fraction of sp³-hybridized carbons (Fsp3) is 0.625. The van der Waals surface area contributed by atoms with Gasteiger partial charge in [0.1, 0.15) is 0 Å². The van der Waals surface area contributed by atoms with E-state index in [1.54, 1.807) is 18.5 Å². The van der Waals surface area contributed by atoms with Crippen molar-refractivity contribution in [3.8, 4) is 0 Å². The van der Waals surface area contributed by atoms with Gasteiger partial charge < -0.3 is 5.11 Å². The molecule has 1 atom stereocenters. The van der Waals surface area contributed by atoms with E-state index in [1.165, 1.54) is 0 Å². The molecule has 0 aliphatic heterocycles. The molecule has 0 unspecified atom stereocenters. The van der Waals surface area contributed by atoms with Crippen LogP contribution in [0, 0.1) is 13.8 Å². The van der Waals surface area contributed by atoms with Gasteiger partial charge >= 0.3 is 0 Å². The summed E-state index contributed by atoms with van der Waals surface area (Å²) in [7, 11) is 0. The molecular weight excluding hydrogens is 156 g/mol. The van der Waals surface area contributed by atoms with Gasteiger partial charge in [-0.2, -0.15) is 0 Å². The summed E-state index contributed by atoms with van der Waals surface area (Å²) >= 11 is 0.